The molecule has 0 aliphatic rings. The zero-order valence-corrected chi connectivity index (χ0v) is 18.3. The van der Waals surface area contributed by atoms with Crippen molar-refractivity contribution in [2.45, 2.75) is 19.8 Å². The van der Waals surface area contributed by atoms with Gasteiger partial charge in [-0.2, -0.15) is 0 Å². The summed E-state index contributed by atoms with van der Waals surface area (Å²) < 4.78 is 17.5. The van der Waals surface area contributed by atoms with Gasteiger partial charge in [0.25, 0.3) is 0 Å². The SMILES string of the molecule is CCCCOc1cc(OC(=O)c2ccccc2)c2ccccc2c1OC(=O)c1ccccc1. The third-order valence-corrected chi connectivity index (χ3v) is 5.09. The Labute approximate surface area is 192 Å². The van der Waals surface area contributed by atoms with Crippen molar-refractivity contribution in [3.8, 4) is 17.2 Å². The molecule has 0 fully saturated rings. The second-order valence-electron chi connectivity index (χ2n) is 7.46. The highest BCUT2D eigenvalue weighted by molar-refractivity contribution is 6.01. The third-order valence-electron chi connectivity index (χ3n) is 5.09. The monoisotopic (exact) mass is 440 g/mol. The molecule has 33 heavy (non-hydrogen) atoms. The van der Waals surface area contributed by atoms with E-state index in [9.17, 15) is 9.59 Å². The summed E-state index contributed by atoms with van der Waals surface area (Å²) in [7, 11) is 0. The van der Waals surface area contributed by atoms with Crippen molar-refractivity contribution in [2.75, 3.05) is 6.61 Å². The van der Waals surface area contributed by atoms with Crippen molar-refractivity contribution in [3.63, 3.8) is 0 Å². The number of carbonyl (C=O) groups is 2. The van der Waals surface area contributed by atoms with Gasteiger partial charge in [0.05, 0.1) is 17.7 Å². The Balaban J connectivity index is 1.76. The van der Waals surface area contributed by atoms with Crippen molar-refractivity contribution in [3.05, 3.63) is 102 Å². The van der Waals surface area contributed by atoms with Crippen LogP contribution >= 0.6 is 0 Å². The minimum atomic E-state index is -0.491. The molecule has 0 bridgehead atoms. The van der Waals surface area contributed by atoms with E-state index in [1.165, 1.54) is 0 Å². The molecule has 0 radical (unpaired) electrons. The second kappa shape index (κ2) is 10.5. The second-order valence-corrected chi connectivity index (χ2v) is 7.46. The van der Waals surface area contributed by atoms with Gasteiger partial charge in [-0.3, -0.25) is 0 Å². The fourth-order valence-corrected chi connectivity index (χ4v) is 3.37. The molecule has 5 nitrogen and oxygen atoms in total. The van der Waals surface area contributed by atoms with E-state index >= 15 is 0 Å². The van der Waals surface area contributed by atoms with E-state index in [0.717, 1.165) is 12.8 Å². The lowest BCUT2D eigenvalue weighted by Crippen LogP contribution is -2.12. The molecule has 0 aromatic heterocycles. The lowest BCUT2D eigenvalue weighted by Gasteiger charge is -2.17. The van der Waals surface area contributed by atoms with Crippen molar-refractivity contribution >= 4 is 22.7 Å². The Hall–Kier alpha value is -4.12. The largest absolute Gasteiger partial charge is 0.490 e. The number of fused-ring (bicyclic) bond motifs is 1. The van der Waals surface area contributed by atoms with Crippen molar-refractivity contribution in [1.82, 2.24) is 0 Å². The molecule has 4 rings (SSSR count). The highest BCUT2D eigenvalue weighted by atomic mass is 16.6. The first-order chi connectivity index (χ1) is 16.2. The summed E-state index contributed by atoms with van der Waals surface area (Å²) in [6.07, 6.45) is 1.78. The summed E-state index contributed by atoms with van der Waals surface area (Å²) in [6, 6.07) is 26.5. The third kappa shape index (κ3) is 5.21. The maximum absolute atomic E-state index is 12.8. The van der Waals surface area contributed by atoms with Gasteiger partial charge < -0.3 is 14.2 Å². The lowest BCUT2D eigenvalue weighted by molar-refractivity contribution is 0.0718. The predicted octanol–water partition coefficient (Wildman–Crippen LogP) is 6.46. The van der Waals surface area contributed by atoms with Crippen LogP contribution in [0.2, 0.25) is 0 Å². The first-order valence-corrected chi connectivity index (χ1v) is 10.9. The van der Waals surface area contributed by atoms with Gasteiger partial charge in [-0.25, -0.2) is 9.59 Å². The number of esters is 2. The quantitative estimate of drug-likeness (QED) is 0.179. The molecule has 0 aliphatic carbocycles. The summed E-state index contributed by atoms with van der Waals surface area (Å²) in [4.78, 5) is 25.6. The fourth-order valence-electron chi connectivity index (χ4n) is 3.37. The van der Waals surface area contributed by atoms with Crippen LogP contribution < -0.4 is 14.2 Å². The zero-order valence-electron chi connectivity index (χ0n) is 18.3. The van der Waals surface area contributed by atoms with E-state index in [0.29, 0.717) is 45.8 Å². The zero-order chi connectivity index (χ0) is 23.0. The molecule has 0 N–H and O–H groups in total. The molecule has 0 spiro atoms. The molecule has 4 aromatic carbocycles. The van der Waals surface area contributed by atoms with E-state index in [2.05, 4.69) is 6.92 Å². The Kier molecular flexibility index (Phi) is 7.00. The van der Waals surface area contributed by atoms with Crippen LogP contribution in [0.15, 0.2) is 91.0 Å². The summed E-state index contributed by atoms with van der Waals surface area (Å²) in [5.74, 6) is 0.0206. The summed E-state index contributed by atoms with van der Waals surface area (Å²) in [5, 5.41) is 1.26. The van der Waals surface area contributed by atoms with Gasteiger partial charge in [-0.05, 0) is 30.7 Å². The smallest absolute Gasteiger partial charge is 0.343 e. The highest BCUT2D eigenvalue weighted by Crippen LogP contribution is 2.42. The molecule has 0 amide bonds. The Bertz CT molecular complexity index is 1250. The van der Waals surface area contributed by atoms with Crippen LogP contribution in [0.5, 0.6) is 17.2 Å². The number of hydrogen-bond acceptors (Lipinski definition) is 5. The lowest BCUT2D eigenvalue weighted by atomic mass is 10.1. The van der Waals surface area contributed by atoms with Crippen LogP contribution in [0.1, 0.15) is 40.5 Å². The number of rotatable bonds is 8. The number of carbonyl (C=O) groups excluding carboxylic acids is 2. The van der Waals surface area contributed by atoms with Gasteiger partial charge in [-0.15, -0.1) is 0 Å². The summed E-state index contributed by atoms with van der Waals surface area (Å²) in [5.41, 5.74) is 0.871. The van der Waals surface area contributed by atoms with Crippen molar-refractivity contribution in [1.29, 1.82) is 0 Å². The molecule has 0 saturated heterocycles. The number of benzene rings is 4. The van der Waals surface area contributed by atoms with Gasteiger partial charge in [0.1, 0.15) is 5.75 Å². The molecule has 0 atom stereocenters. The van der Waals surface area contributed by atoms with Gasteiger partial charge >= 0.3 is 11.9 Å². The molecule has 5 heteroatoms. The van der Waals surface area contributed by atoms with Crippen LogP contribution in [0.3, 0.4) is 0 Å². The minimum Gasteiger partial charge on any atom is -0.490 e. The normalized spacial score (nSPS) is 10.6. The van der Waals surface area contributed by atoms with E-state index < -0.39 is 11.9 Å². The maximum atomic E-state index is 12.8. The van der Waals surface area contributed by atoms with Crippen LogP contribution in [0.4, 0.5) is 0 Å². The Morgan fingerprint density at radius 1 is 0.667 bits per heavy atom. The number of unbranched alkanes of at least 4 members (excludes halogenated alkanes) is 1. The van der Waals surface area contributed by atoms with E-state index in [1.54, 1.807) is 54.6 Å². The van der Waals surface area contributed by atoms with Crippen LogP contribution in [0, 0.1) is 0 Å². The fraction of sp³-hybridized carbons (Fsp3) is 0.143. The average molecular weight is 440 g/mol. The predicted molar refractivity (Wildman–Crippen MR) is 127 cm³/mol. The first-order valence-electron chi connectivity index (χ1n) is 10.9. The standard InChI is InChI=1S/C28H24O5/c1-2-3-18-31-25-19-24(32-27(29)20-12-6-4-7-13-20)22-16-10-11-17-23(22)26(25)33-28(30)21-14-8-5-9-15-21/h4-17,19H,2-3,18H2,1H3. The van der Waals surface area contributed by atoms with Crippen LogP contribution in [-0.4, -0.2) is 18.5 Å². The van der Waals surface area contributed by atoms with Gasteiger partial charge in [0, 0.05) is 16.8 Å². The molecule has 0 aliphatic heterocycles. The highest BCUT2D eigenvalue weighted by Gasteiger charge is 2.21. The molecular formula is C28H24O5. The van der Waals surface area contributed by atoms with E-state index in [-0.39, 0.29) is 0 Å². The first kappa shape index (κ1) is 22.1. The molecule has 0 saturated carbocycles. The Morgan fingerprint density at radius 2 is 1.21 bits per heavy atom. The summed E-state index contributed by atoms with van der Waals surface area (Å²) in [6.45, 7) is 2.50. The molecule has 0 heterocycles. The summed E-state index contributed by atoms with van der Waals surface area (Å²) >= 11 is 0. The Morgan fingerprint density at radius 3 is 1.82 bits per heavy atom. The molecule has 166 valence electrons. The van der Waals surface area contributed by atoms with Gasteiger partial charge in [-0.1, -0.05) is 74.0 Å². The van der Waals surface area contributed by atoms with Gasteiger partial charge in [0.2, 0.25) is 0 Å². The van der Waals surface area contributed by atoms with Crippen LogP contribution in [-0.2, 0) is 0 Å². The van der Waals surface area contributed by atoms with Crippen LogP contribution in [0.25, 0.3) is 10.8 Å². The topological polar surface area (TPSA) is 61.8 Å². The van der Waals surface area contributed by atoms with E-state index in [4.69, 9.17) is 14.2 Å². The van der Waals surface area contributed by atoms with Crippen molar-refractivity contribution < 1.29 is 23.8 Å². The molecule has 4 aromatic rings. The minimum absolute atomic E-state index is 0.301. The maximum Gasteiger partial charge on any atom is 0.343 e. The number of hydrogen-bond donors (Lipinski definition) is 0. The van der Waals surface area contributed by atoms with Gasteiger partial charge in [0.15, 0.2) is 11.5 Å². The number of ether oxygens (including phenoxy) is 3. The van der Waals surface area contributed by atoms with Crippen molar-refractivity contribution in [2.24, 2.45) is 0 Å². The average Bonchev–Trinajstić information content (AvgIpc) is 2.87. The molecule has 0 unspecified atom stereocenters. The van der Waals surface area contributed by atoms with E-state index in [1.807, 2.05) is 36.4 Å². The molecular weight excluding hydrogens is 416 g/mol.